The van der Waals surface area contributed by atoms with E-state index in [0.717, 1.165) is 19.3 Å². The van der Waals surface area contributed by atoms with Gasteiger partial charge in [-0.15, -0.1) is 0 Å². The first-order valence-electron chi connectivity index (χ1n) is 4.62. The van der Waals surface area contributed by atoms with Gasteiger partial charge in [-0.3, -0.25) is 4.79 Å². The molecule has 0 unspecified atom stereocenters. The number of rotatable bonds is 5. The van der Waals surface area contributed by atoms with Crippen LogP contribution in [0.5, 0.6) is 0 Å². The van der Waals surface area contributed by atoms with Crippen molar-refractivity contribution in [3.8, 4) is 0 Å². The fourth-order valence-corrected chi connectivity index (χ4v) is 0.609. The smallest absolute Gasteiger partial charge is 0.466 e. The molecule has 0 amide bonds. The lowest BCUT2D eigenvalue weighted by Gasteiger charge is -2.00. The van der Waals surface area contributed by atoms with Crippen molar-refractivity contribution in [3.05, 3.63) is 0 Å². The van der Waals surface area contributed by atoms with E-state index in [1.54, 1.807) is 0 Å². The molecule has 0 aromatic rings. The summed E-state index contributed by atoms with van der Waals surface area (Å²) in [5.74, 6) is -0.0521. The molecule has 5 nitrogen and oxygen atoms in total. The lowest BCUT2D eigenvalue weighted by atomic mass is 10.2. The molecule has 0 spiro atoms. The lowest BCUT2D eigenvalue weighted by Crippen LogP contribution is -2.04. The van der Waals surface area contributed by atoms with Crippen LogP contribution in [0.4, 0.5) is 4.79 Å². The molecule has 0 radical (unpaired) electrons. The highest BCUT2D eigenvalue weighted by Crippen LogP contribution is 1.96. The maximum Gasteiger partial charge on any atom is 0.503 e. The van der Waals surface area contributed by atoms with E-state index in [2.05, 4.69) is 6.92 Å². The molecule has 5 heteroatoms. The second kappa shape index (κ2) is 11.7. The number of carbonyl (C=O) groups is 2. The number of ether oxygens (including phenoxy) is 1. The fourth-order valence-electron chi connectivity index (χ4n) is 0.609. The van der Waals surface area contributed by atoms with Gasteiger partial charge in [0.15, 0.2) is 0 Å². The van der Waals surface area contributed by atoms with Crippen molar-refractivity contribution in [2.45, 2.75) is 39.5 Å². The molecule has 0 aliphatic rings. The number of hydrogen-bond donors (Lipinski definition) is 2. The first-order chi connectivity index (χ1) is 6.54. The van der Waals surface area contributed by atoms with Crippen molar-refractivity contribution in [1.29, 1.82) is 0 Å². The van der Waals surface area contributed by atoms with Crippen molar-refractivity contribution >= 4 is 12.1 Å². The molecule has 0 aromatic carbocycles. The van der Waals surface area contributed by atoms with E-state index in [0.29, 0.717) is 13.0 Å². The van der Waals surface area contributed by atoms with Crippen molar-refractivity contribution in [2.75, 3.05) is 6.61 Å². The largest absolute Gasteiger partial charge is 0.503 e. The summed E-state index contributed by atoms with van der Waals surface area (Å²) >= 11 is 0. The molecule has 0 saturated carbocycles. The van der Waals surface area contributed by atoms with Crippen LogP contribution in [0.25, 0.3) is 0 Å². The van der Waals surface area contributed by atoms with Gasteiger partial charge in [0, 0.05) is 6.42 Å². The maximum absolute atomic E-state index is 10.7. The number of hydrogen-bond acceptors (Lipinski definition) is 3. The summed E-state index contributed by atoms with van der Waals surface area (Å²) in [4.78, 5) is 19.3. The summed E-state index contributed by atoms with van der Waals surface area (Å²) in [7, 11) is 0. The standard InChI is InChI=1S/C8H16O2.CH2O3/c1-3-5-6-8(9)10-7-4-2;2-1(3)4/h3-7H2,1-2H3;(H2,2,3,4). The molecule has 0 heterocycles. The van der Waals surface area contributed by atoms with E-state index in [1.165, 1.54) is 0 Å². The Morgan fingerprint density at radius 3 is 2.00 bits per heavy atom. The monoisotopic (exact) mass is 206 g/mol. The fraction of sp³-hybridized carbons (Fsp3) is 0.778. The topological polar surface area (TPSA) is 83.8 Å². The minimum atomic E-state index is -1.83. The van der Waals surface area contributed by atoms with E-state index >= 15 is 0 Å². The Morgan fingerprint density at radius 2 is 1.64 bits per heavy atom. The molecule has 0 rings (SSSR count). The van der Waals surface area contributed by atoms with Gasteiger partial charge in [0.05, 0.1) is 6.61 Å². The molecule has 0 fully saturated rings. The van der Waals surface area contributed by atoms with Gasteiger partial charge in [-0.1, -0.05) is 20.3 Å². The zero-order chi connectivity index (χ0) is 11.4. The van der Waals surface area contributed by atoms with E-state index in [4.69, 9.17) is 19.7 Å². The van der Waals surface area contributed by atoms with Crippen LogP contribution in [0.15, 0.2) is 0 Å². The highest BCUT2D eigenvalue weighted by atomic mass is 16.6. The highest BCUT2D eigenvalue weighted by Gasteiger charge is 1.98. The van der Waals surface area contributed by atoms with Crippen LogP contribution in [0, 0.1) is 0 Å². The van der Waals surface area contributed by atoms with Gasteiger partial charge in [0.2, 0.25) is 0 Å². The van der Waals surface area contributed by atoms with Crippen LogP contribution in [-0.2, 0) is 9.53 Å². The van der Waals surface area contributed by atoms with Gasteiger partial charge < -0.3 is 14.9 Å². The molecule has 2 N–H and O–H groups in total. The average Bonchev–Trinajstić information content (AvgIpc) is 2.10. The van der Waals surface area contributed by atoms with Gasteiger partial charge in [-0.05, 0) is 12.8 Å². The van der Waals surface area contributed by atoms with Crippen molar-refractivity contribution in [1.82, 2.24) is 0 Å². The summed E-state index contributed by atoms with van der Waals surface area (Å²) in [6.45, 7) is 4.63. The van der Waals surface area contributed by atoms with Gasteiger partial charge >= 0.3 is 12.1 Å². The third-order valence-corrected chi connectivity index (χ3v) is 1.20. The molecule has 0 bridgehead atoms. The van der Waals surface area contributed by atoms with Crippen LogP contribution in [0.1, 0.15) is 39.5 Å². The Hall–Kier alpha value is -1.26. The van der Waals surface area contributed by atoms with Gasteiger partial charge in [0.1, 0.15) is 0 Å². The summed E-state index contributed by atoms with van der Waals surface area (Å²) in [5, 5.41) is 13.9. The predicted molar refractivity (Wildman–Crippen MR) is 51.4 cm³/mol. The summed E-state index contributed by atoms with van der Waals surface area (Å²) < 4.78 is 4.85. The summed E-state index contributed by atoms with van der Waals surface area (Å²) in [6.07, 6.45) is 1.66. The first kappa shape index (κ1) is 15.2. The Balaban J connectivity index is 0. The van der Waals surface area contributed by atoms with Crippen LogP contribution in [0.2, 0.25) is 0 Å². The third kappa shape index (κ3) is 22.4. The maximum atomic E-state index is 10.7. The SMILES string of the molecule is CCCCC(=O)OCCC.O=C(O)O. The Morgan fingerprint density at radius 1 is 1.14 bits per heavy atom. The van der Waals surface area contributed by atoms with Gasteiger partial charge in [0.25, 0.3) is 0 Å². The molecule has 0 saturated heterocycles. The molecule has 0 aliphatic heterocycles. The van der Waals surface area contributed by atoms with Crippen LogP contribution >= 0.6 is 0 Å². The number of carbonyl (C=O) groups excluding carboxylic acids is 1. The quantitative estimate of drug-likeness (QED) is 0.674. The zero-order valence-electron chi connectivity index (χ0n) is 8.65. The van der Waals surface area contributed by atoms with E-state index < -0.39 is 6.16 Å². The molecule has 14 heavy (non-hydrogen) atoms. The van der Waals surface area contributed by atoms with Gasteiger partial charge in [-0.25, -0.2) is 4.79 Å². The molecule has 84 valence electrons. The molecule has 0 atom stereocenters. The second-order valence-corrected chi connectivity index (χ2v) is 2.61. The Bertz CT molecular complexity index is 141. The van der Waals surface area contributed by atoms with Crippen LogP contribution in [0.3, 0.4) is 0 Å². The molecular formula is C9H18O5. The molecular weight excluding hydrogens is 188 g/mol. The van der Waals surface area contributed by atoms with E-state index in [-0.39, 0.29) is 5.97 Å². The summed E-state index contributed by atoms with van der Waals surface area (Å²) in [5.41, 5.74) is 0. The summed E-state index contributed by atoms with van der Waals surface area (Å²) in [6, 6.07) is 0. The molecule has 0 aromatic heterocycles. The molecule has 0 aliphatic carbocycles. The van der Waals surface area contributed by atoms with E-state index in [9.17, 15) is 4.79 Å². The first-order valence-corrected chi connectivity index (χ1v) is 4.62. The minimum absolute atomic E-state index is 0.0521. The van der Waals surface area contributed by atoms with Gasteiger partial charge in [-0.2, -0.15) is 0 Å². The minimum Gasteiger partial charge on any atom is -0.466 e. The number of esters is 1. The van der Waals surface area contributed by atoms with Crippen LogP contribution < -0.4 is 0 Å². The van der Waals surface area contributed by atoms with Crippen molar-refractivity contribution in [2.24, 2.45) is 0 Å². The van der Waals surface area contributed by atoms with Crippen molar-refractivity contribution < 1.29 is 24.5 Å². The predicted octanol–water partition coefficient (Wildman–Crippen LogP) is 2.35. The zero-order valence-corrected chi connectivity index (χ0v) is 8.65. The highest BCUT2D eigenvalue weighted by molar-refractivity contribution is 5.69. The second-order valence-electron chi connectivity index (χ2n) is 2.61. The average molecular weight is 206 g/mol. The van der Waals surface area contributed by atoms with Crippen LogP contribution in [-0.4, -0.2) is 28.9 Å². The Kier molecular flexibility index (Phi) is 12.8. The third-order valence-electron chi connectivity index (χ3n) is 1.20. The number of unbranched alkanes of at least 4 members (excludes halogenated alkanes) is 1. The van der Waals surface area contributed by atoms with Crippen molar-refractivity contribution in [3.63, 3.8) is 0 Å². The van der Waals surface area contributed by atoms with E-state index in [1.807, 2.05) is 6.92 Å². The normalized spacial score (nSPS) is 8.43. The lowest BCUT2D eigenvalue weighted by molar-refractivity contribution is -0.143. The Labute approximate surface area is 83.7 Å². The number of carboxylic acid groups (broad SMARTS) is 2.